The fourth-order valence-electron chi connectivity index (χ4n) is 5.81. The van der Waals surface area contributed by atoms with Crippen molar-refractivity contribution in [2.45, 2.75) is 53.1 Å². The molecule has 0 radical (unpaired) electrons. The van der Waals surface area contributed by atoms with Gasteiger partial charge in [-0.2, -0.15) is 5.26 Å². The van der Waals surface area contributed by atoms with Crippen molar-refractivity contribution in [1.82, 2.24) is 14.9 Å². The quantitative estimate of drug-likeness (QED) is 0.207. The molecule has 2 aromatic heterocycles. The number of nitrogens with zero attached hydrogens (tertiary/aromatic N) is 3. The Balaban J connectivity index is 0.00000213. The van der Waals surface area contributed by atoms with Crippen LogP contribution in [0.3, 0.4) is 0 Å². The topological polar surface area (TPSA) is 144 Å². The van der Waals surface area contributed by atoms with Gasteiger partial charge in [0.25, 0.3) is 11.8 Å². The lowest BCUT2D eigenvalue weighted by Crippen LogP contribution is -2.21. The maximum Gasteiger partial charge on any atom is 0.420 e. The number of oxazole rings is 1. The van der Waals surface area contributed by atoms with Crippen LogP contribution in [0.25, 0.3) is 22.2 Å². The zero-order chi connectivity index (χ0) is 34.0. The molecule has 240 valence electrons. The molecule has 2 amide bonds. The molecule has 0 fully saturated rings. The monoisotopic (exact) mass is 637 g/mol. The van der Waals surface area contributed by atoms with E-state index in [2.05, 4.69) is 5.32 Å². The summed E-state index contributed by atoms with van der Waals surface area (Å²) in [5.41, 5.74) is 9.40. The average molecular weight is 638 g/mol. The highest BCUT2D eigenvalue weighted by atomic mass is 19.1. The summed E-state index contributed by atoms with van der Waals surface area (Å²) in [6, 6.07) is 16.1. The van der Waals surface area contributed by atoms with Gasteiger partial charge in [-0.1, -0.05) is 52.0 Å². The van der Waals surface area contributed by atoms with Crippen LogP contribution in [0.15, 0.2) is 69.9 Å². The summed E-state index contributed by atoms with van der Waals surface area (Å²) < 4.78 is 35.0. The first-order valence-corrected chi connectivity index (χ1v) is 15.3. The molecule has 1 aliphatic heterocycles. The molecular formula is C36H33F2N5O4. The second-order valence-electron chi connectivity index (χ2n) is 11.4. The number of nitriles is 1. The Morgan fingerprint density at radius 2 is 1.79 bits per heavy atom. The van der Waals surface area contributed by atoms with Crippen molar-refractivity contribution in [1.29, 1.82) is 5.26 Å². The SMILES string of the molecule is CC.CC(C)Cc1nc2c(c(-c3ccc4c(c3)oc(=O)n4Cc3ccc(C#N)cc3F)c1C(N)=O)C(=O)NC2Cc1ccc(F)cc1. The second kappa shape index (κ2) is 13.4. The van der Waals surface area contributed by atoms with Crippen molar-refractivity contribution in [2.75, 3.05) is 0 Å². The predicted octanol–water partition coefficient (Wildman–Crippen LogP) is 6.21. The van der Waals surface area contributed by atoms with Gasteiger partial charge in [-0.3, -0.25) is 19.1 Å². The Bertz CT molecular complexity index is 2110. The summed E-state index contributed by atoms with van der Waals surface area (Å²) in [7, 11) is 0. The summed E-state index contributed by atoms with van der Waals surface area (Å²) in [6.07, 6.45) is 0.741. The predicted molar refractivity (Wildman–Crippen MR) is 173 cm³/mol. The lowest BCUT2D eigenvalue weighted by Gasteiger charge is -2.18. The maximum absolute atomic E-state index is 14.6. The van der Waals surface area contributed by atoms with E-state index < -0.39 is 29.4 Å². The molecule has 1 atom stereocenters. The van der Waals surface area contributed by atoms with E-state index in [1.165, 1.54) is 28.8 Å². The summed E-state index contributed by atoms with van der Waals surface area (Å²) in [5, 5.41) is 12.0. The molecule has 1 aliphatic rings. The van der Waals surface area contributed by atoms with Crippen molar-refractivity contribution in [3.63, 3.8) is 0 Å². The second-order valence-corrected chi connectivity index (χ2v) is 11.4. The molecule has 6 rings (SSSR count). The summed E-state index contributed by atoms with van der Waals surface area (Å²) in [6.45, 7) is 7.80. The summed E-state index contributed by atoms with van der Waals surface area (Å²) in [4.78, 5) is 44.2. The molecular weight excluding hydrogens is 604 g/mol. The number of pyridine rings is 1. The number of rotatable bonds is 8. The van der Waals surface area contributed by atoms with E-state index in [0.717, 1.165) is 11.6 Å². The molecule has 0 saturated carbocycles. The standard InChI is InChI=1S/C34H27F2N5O4.C2H6/c1-17(2)11-24-29(32(38)42)28(30-31(39-24)25(40-33(30)43)13-18-4-8-22(35)9-5-18)20-7-10-26-27(14-20)45-34(44)41(26)16-21-6-3-19(15-37)12-23(21)36;1-2/h3-10,12,14,17,25H,11,13,16H2,1-2H3,(H2,38,42)(H,40,43);1-2H3. The first-order chi connectivity index (χ1) is 22.5. The van der Waals surface area contributed by atoms with Gasteiger partial charge in [-0.15, -0.1) is 0 Å². The number of hydrogen-bond acceptors (Lipinski definition) is 6. The third-order valence-electron chi connectivity index (χ3n) is 7.83. The minimum atomic E-state index is -0.763. The Kier molecular flexibility index (Phi) is 9.33. The van der Waals surface area contributed by atoms with Gasteiger partial charge in [0.2, 0.25) is 0 Å². The lowest BCUT2D eigenvalue weighted by molar-refractivity contribution is 0.0956. The van der Waals surface area contributed by atoms with E-state index >= 15 is 0 Å². The summed E-state index contributed by atoms with van der Waals surface area (Å²) in [5.74, 6) is -2.87. The van der Waals surface area contributed by atoms with Gasteiger partial charge in [0.1, 0.15) is 11.6 Å². The number of fused-ring (bicyclic) bond motifs is 2. The van der Waals surface area contributed by atoms with E-state index in [0.29, 0.717) is 35.3 Å². The number of aromatic nitrogens is 2. The molecule has 5 aromatic rings. The Labute approximate surface area is 269 Å². The van der Waals surface area contributed by atoms with Crippen LogP contribution in [0, 0.1) is 28.9 Å². The fourth-order valence-corrected chi connectivity index (χ4v) is 5.81. The lowest BCUT2D eigenvalue weighted by atomic mass is 9.88. The van der Waals surface area contributed by atoms with Crippen LogP contribution in [0.2, 0.25) is 0 Å². The van der Waals surface area contributed by atoms with Crippen LogP contribution in [0.1, 0.15) is 82.5 Å². The Morgan fingerprint density at radius 3 is 2.43 bits per heavy atom. The summed E-state index contributed by atoms with van der Waals surface area (Å²) >= 11 is 0. The smallest absolute Gasteiger partial charge is 0.408 e. The number of halogens is 2. The number of benzene rings is 3. The molecule has 1 unspecified atom stereocenters. The Morgan fingerprint density at radius 1 is 1.06 bits per heavy atom. The maximum atomic E-state index is 14.6. The van der Waals surface area contributed by atoms with Crippen molar-refractivity contribution in [3.05, 3.63) is 122 Å². The molecule has 11 heteroatoms. The molecule has 47 heavy (non-hydrogen) atoms. The van der Waals surface area contributed by atoms with Gasteiger partial charge in [-0.25, -0.2) is 13.6 Å². The number of carbonyl (C=O) groups is 2. The van der Waals surface area contributed by atoms with Crippen LogP contribution < -0.4 is 16.8 Å². The average Bonchev–Trinajstić information content (AvgIpc) is 3.52. The van der Waals surface area contributed by atoms with Crippen molar-refractivity contribution in [3.8, 4) is 17.2 Å². The van der Waals surface area contributed by atoms with E-state index in [4.69, 9.17) is 20.4 Å². The van der Waals surface area contributed by atoms with E-state index in [1.807, 2.05) is 33.8 Å². The Hall–Kier alpha value is -5.63. The molecule has 0 aliphatic carbocycles. The minimum Gasteiger partial charge on any atom is -0.408 e. The molecule has 0 spiro atoms. The number of nitrogens with two attached hydrogens (primary N) is 1. The number of hydrogen-bond donors (Lipinski definition) is 2. The highest BCUT2D eigenvalue weighted by molar-refractivity contribution is 6.12. The first kappa shape index (κ1) is 32.8. The van der Waals surface area contributed by atoms with E-state index in [1.54, 1.807) is 30.3 Å². The van der Waals surface area contributed by atoms with Crippen molar-refractivity contribution < 1.29 is 22.8 Å². The molecule has 3 heterocycles. The van der Waals surface area contributed by atoms with Gasteiger partial charge in [0, 0.05) is 11.1 Å². The largest absolute Gasteiger partial charge is 0.420 e. The number of amides is 2. The van der Waals surface area contributed by atoms with Gasteiger partial charge < -0.3 is 15.5 Å². The molecule has 3 aromatic carbocycles. The zero-order valence-corrected chi connectivity index (χ0v) is 26.4. The number of nitrogens with one attached hydrogen (secondary N) is 1. The highest BCUT2D eigenvalue weighted by Crippen LogP contribution is 2.39. The molecule has 3 N–H and O–H groups in total. The third-order valence-corrected chi connectivity index (χ3v) is 7.83. The zero-order valence-electron chi connectivity index (χ0n) is 26.4. The third kappa shape index (κ3) is 6.40. The first-order valence-electron chi connectivity index (χ1n) is 15.3. The van der Waals surface area contributed by atoms with E-state index in [-0.39, 0.29) is 51.7 Å². The number of primary amides is 1. The number of carbonyl (C=O) groups excluding carboxylic acids is 2. The van der Waals surface area contributed by atoms with Crippen LogP contribution in [-0.2, 0) is 19.4 Å². The fraction of sp³-hybridized carbons (Fsp3) is 0.250. The van der Waals surface area contributed by atoms with Gasteiger partial charge in [-0.05, 0) is 66.3 Å². The normalized spacial score (nSPS) is 13.6. The van der Waals surface area contributed by atoms with Gasteiger partial charge in [0.05, 0.1) is 52.3 Å². The minimum absolute atomic E-state index is 0.0965. The molecule has 9 nitrogen and oxygen atoms in total. The van der Waals surface area contributed by atoms with Crippen LogP contribution >= 0.6 is 0 Å². The van der Waals surface area contributed by atoms with Crippen molar-refractivity contribution >= 4 is 22.9 Å². The van der Waals surface area contributed by atoms with Gasteiger partial charge >= 0.3 is 5.76 Å². The molecule has 0 bridgehead atoms. The van der Waals surface area contributed by atoms with Crippen LogP contribution in [0.4, 0.5) is 8.78 Å². The van der Waals surface area contributed by atoms with Crippen LogP contribution in [-0.4, -0.2) is 21.4 Å². The molecule has 0 saturated heterocycles. The van der Waals surface area contributed by atoms with Crippen LogP contribution in [0.5, 0.6) is 0 Å². The van der Waals surface area contributed by atoms with E-state index in [9.17, 15) is 23.2 Å². The van der Waals surface area contributed by atoms with Crippen molar-refractivity contribution in [2.24, 2.45) is 11.7 Å². The van der Waals surface area contributed by atoms with Gasteiger partial charge in [0.15, 0.2) is 5.58 Å². The highest BCUT2D eigenvalue weighted by Gasteiger charge is 2.37.